The summed E-state index contributed by atoms with van der Waals surface area (Å²) in [6, 6.07) is 0.183. The lowest BCUT2D eigenvalue weighted by Crippen LogP contribution is -2.40. The van der Waals surface area contributed by atoms with E-state index in [1.54, 1.807) is 0 Å². The van der Waals surface area contributed by atoms with Crippen molar-refractivity contribution in [2.45, 2.75) is 32.2 Å². The molecule has 4 nitrogen and oxygen atoms in total. The van der Waals surface area contributed by atoms with Crippen LogP contribution >= 0.6 is 23.6 Å². The minimum atomic E-state index is -0.682. The third kappa shape index (κ3) is 3.73. The summed E-state index contributed by atoms with van der Waals surface area (Å²) in [7, 11) is -0.682. The summed E-state index contributed by atoms with van der Waals surface area (Å²) in [5, 5.41) is 3.01. The third-order valence-corrected chi connectivity index (χ3v) is 5.72. The number of aromatic nitrogens is 1. The Hall–Kier alpha value is -0.530. The Morgan fingerprint density at radius 2 is 2.22 bits per heavy atom. The van der Waals surface area contributed by atoms with E-state index < -0.39 is 10.8 Å². The molecule has 7 heteroatoms. The van der Waals surface area contributed by atoms with Crippen LogP contribution in [0.2, 0.25) is 0 Å². The molecule has 0 spiro atoms. The number of aryl methyl sites for hydroxylation is 1. The lowest BCUT2D eigenvalue weighted by molar-refractivity contribution is -0.121. The van der Waals surface area contributed by atoms with E-state index in [4.69, 9.17) is 12.2 Å². The van der Waals surface area contributed by atoms with Gasteiger partial charge in [0.05, 0.1) is 6.42 Å². The molecule has 2 rings (SSSR count). The van der Waals surface area contributed by atoms with E-state index in [-0.39, 0.29) is 11.9 Å². The van der Waals surface area contributed by atoms with Crippen LogP contribution < -0.4 is 5.32 Å². The van der Waals surface area contributed by atoms with E-state index in [0.29, 0.717) is 21.9 Å². The lowest BCUT2D eigenvalue weighted by Gasteiger charge is -2.22. The topological polar surface area (TPSA) is 62.0 Å². The number of thiazole rings is 1. The molecule has 0 atom stereocenters. The van der Waals surface area contributed by atoms with Gasteiger partial charge in [-0.3, -0.25) is 9.00 Å². The summed E-state index contributed by atoms with van der Waals surface area (Å²) < 4.78 is 11.9. The quantitative estimate of drug-likeness (QED) is 0.835. The predicted octanol–water partition coefficient (Wildman–Crippen LogP) is 1.68. The van der Waals surface area contributed by atoms with Gasteiger partial charge in [0.15, 0.2) is 3.95 Å². The molecule has 1 saturated heterocycles. The fourth-order valence-corrected chi connectivity index (χ4v) is 4.56. The molecule has 0 unspecified atom stereocenters. The highest BCUT2D eigenvalue weighted by Crippen LogP contribution is 2.16. The minimum absolute atomic E-state index is 0.0287. The maximum Gasteiger partial charge on any atom is 0.225 e. The molecule has 0 bridgehead atoms. The summed E-state index contributed by atoms with van der Waals surface area (Å²) >= 11 is 6.50. The Labute approximate surface area is 118 Å². The van der Waals surface area contributed by atoms with Crippen LogP contribution in [-0.4, -0.2) is 32.6 Å². The second-order valence-corrected chi connectivity index (χ2v) is 7.90. The number of carbonyl (C=O) groups is 1. The van der Waals surface area contributed by atoms with Gasteiger partial charge < -0.3 is 10.3 Å². The van der Waals surface area contributed by atoms with E-state index in [2.05, 4.69) is 10.3 Å². The fraction of sp³-hybridized carbons (Fsp3) is 0.636. The largest absolute Gasteiger partial charge is 0.353 e. The molecule has 0 radical (unpaired) electrons. The summed E-state index contributed by atoms with van der Waals surface area (Å²) in [5.41, 5.74) is 0.977. The molecule has 0 aliphatic carbocycles. The Morgan fingerprint density at radius 1 is 1.56 bits per heavy atom. The average molecular weight is 304 g/mol. The van der Waals surface area contributed by atoms with Gasteiger partial charge in [0.1, 0.15) is 0 Å². The summed E-state index contributed by atoms with van der Waals surface area (Å²) in [6.45, 7) is 1.93. The van der Waals surface area contributed by atoms with E-state index in [9.17, 15) is 9.00 Å². The van der Waals surface area contributed by atoms with Gasteiger partial charge in [0, 0.05) is 38.9 Å². The van der Waals surface area contributed by atoms with Crippen LogP contribution in [-0.2, 0) is 22.0 Å². The number of hydrogen-bond acceptors (Lipinski definition) is 4. The van der Waals surface area contributed by atoms with Crippen molar-refractivity contribution in [2.75, 3.05) is 11.5 Å². The molecule has 1 aliphatic heterocycles. The van der Waals surface area contributed by atoms with Crippen molar-refractivity contribution in [1.29, 1.82) is 0 Å². The zero-order chi connectivity index (χ0) is 13.1. The van der Waals surface area contributed by atoms with Crippen molar-refractivity contribution >= 4 is 40.3 Å². The molecular formula is C11H16N2O2S3. The Kier molecular flexibility index (Phi) is 4.69. The van der Waals surface area contributed by atoms with E-state index in [1.165, 1.54) is 11.3 Å². The number of carbonyl (C=O) groups excluding carboxylic acids is 1. The highest BCUT2D eigenvalue weighted by molar-refractivity contribution is 7.85. The van der Waals surface area contributed by atoms with Gasteiger partial charge in [-0.1, -0.05) is 0 Å². The number of rotatable bonds is 3. The van der Waals surface area contributed by atoms with Gasteiger partial charge in [0.25, 0.3) is 0 Å². The first-order valence-corrected chi connectivity index (χ1v) is 8.59. The van der Waals surface area contributed by atoms with Crippen LogP contribution in [0.25, 0.3) is 0 Å². The Morgan fingerprint density at radius 3 is 2.78 bits per heavy atom. The van der Waals surface area contributed by atoms with Gasteiger partial charge in [0.2, 0.25) is 5.91 Å². The fourth-order valence-electron chi connectivity index (χ4n) is 1.97. The normalized spacial score (nSPS) is 23.8. The van der Waals surface area contributed by atoms with Crippen LogP contribution in [0.4, 0.5) is 0 Å². The van der Waals surface area contributed by atoms with Crippen LogP contribution in [0, 0.1) is 10.9 Å². The van der Waals surface area contributed by atoms with Gasteiger partial charge in [-0.15, -0.1) is 11.3 Å². The molecular weight excluding hydrogens is 288 g/mol. The smallest absolute Gasteiger partial charge is 0.225 e. The maximum absolute atomic E-state index is 11.9. The average Bonchev–Trinajstić information content (AvgIpc) is 2.61. The molecule has 1 fully saturated rings. The van der Waals surface area contributed by atoms with Gasteiger partial charge in [-0.2, -0.15) is 0 Å². The Balaban J connectivity index is 1.87. The SMILES string of the molecule is Cc1[nH]c(=S)sc1CC(=O)NC1CCS(=O)CC1. The standard InChI is InChI=1S/C11H16N2O2S3/c1-7-9(17-11(16)12-7)6-10(14)13-8-2-4-18(15)5-3-8/h8H,2-6H2,1H3,(H,12,16)(H,13,14). The van der Waals surface area contributed by atoms with Crippen molar-refractivity contribution < 1.29 is 9.00 Å². The number of hydrogen-bond donors (Lipinski definition) is 2. The molecule has 1 aromatic rings. The minimum Gasteiger partial charge on any atom is -0.353 e. The van der Waals surface area contributed by atoms with Gasteiger partial charge >= 0.3 is 0 Å². The van der Waals surface area contributed by atoms with Crippen LogP contribution in [0.5, 0.6) is 0 Å². The second kappa shape index (κ2) is 6.08. The lowest BCUT2D eigenvalue weighted by atomic mass is 10.1. The van der Waals surface area contributed by atoms with E-state index >= 15 is 0 Å². The highest BCUT2D eigenvalue weighted by Gasteiger charge is 2.20. The molecule has 1 aliphatic rings. The summed E-state index contributed by atoms with van der Waals surface area (Å²) in [6.07, 6.45) is 2.02. The molecule has 0 aromatic carbocycles. The number of H-pyrrole nitrogens is 1. The van der Waals surface area contributed by atoms with Crippen LogP contribution in [0.3, 0.4) is 0 Å². The van der Waals surface area contributed by atoms with Crippen LogP contribution in [0.15, 0.2) is 0 Å². The molecule has 2 N–H and O–H groups in total. The molecule has 100 valence electrons. The highest BCUT2D eigenvalue weighted by atomic mass is 32.2. The van der Waals surface area contributed by atoms with Crippen molar-refractivity contribution in [3.8, 4) is 0 Å². The van der Waals surface area contributed by atoms with E-state index in [0.717, 1.165) is 23.4 Å². The molecule has 1 amide bonds. The van der Waals surface area contributed by atoms with Crippen molar-refractivity contribution in [2.24, 2.45) is 0 Å². The first-order valence-electron chi connectivity index (χ1n) is 5.87. The molecule has 18 heavy (non-hydrogen) atoms. The Bertz CT molecular complexity index is 511. The first kappa shape index (κ1) is 13.9. The number of amides is 1. The van der Waals surface area contributed by atoms with Crippen molar-refractivity contribution in [3.05, 3.63) is 14.5 Å². The van der Waals surface area contributed by atoms with Gasteiger partial charge in [-0.05, 0) is 32.0 Å². The number of aromatic amines is 1. The number of nitrogens with one attached hydrogen (secondary N) is 2. The van der Waals surface area contributed by atoms with Crippen molar-refractivity contribution in [1.82, 2.24) is 10.3 Å². The summed E-state index contributed by atoms with van der Waals surface area (Å²) in [5.74, 6) is 1.43. The van der Waals surface area contributed by atoms with E-state index in [1.807, 2.05) is 6.92 Å². The molecule has 0 saturated carbocycles. The third-order valence-electron chi connectivity index (χ3n) is 3.00. The first-order chi connectivity index (χ1) is 8.54. The summed E-state index contributed by atoms with van der Waals surface area (Å²) in [4.78, 5) is 15.9. The molecule has 1 aromatic heterocycles. The maximum atomic E-state index is 11.9. The van der Waals surface area contributed by atoms with Crippen molar-refractivity contribution in [3.63, 3.8) is 0 Å². The second-order valence-electron chi connectivity index (χ2n) is 4.43. The van der Waals surface area contributed by atoms with Crippen LogP contribution in [0.1, 0.15) is 23.4 Å². The van der Waals surface area contributed by atoms with Gasteiger partial charge in [-0.25, -0.2) is 0 Å². The monoisotopic (exact) mass is 304 g/mol. The predicted molar refractivity (Wildman–Crippen MR) is 77.0 cm³/mol. The molecule has 2 heterocycles. The zero-order valence-electron chi connectivity index (χ0n) is 10.2. The zero-order valence-corrected chi connectivity index (χ0v) is 12.6.